The summed E-state index contributed by atoms with van der Waals surface area (Å²) in [6.45, 7) is 3.36. The second-order valence-corrected chi connectivity index (χ2v) is 3.65. The van der Waals surface area contributed by atoms with Gasteiger partial charge >= 0.3 is 6.18 Å². The van der Waals surface area contributed by atoms with E-state index in [9.17, 15) is 22.4 Å². The second kappa shape index (κ2) is 5.48. The predicted molar refractivity (Wildman–Crippen MR) is 56.8 cm³/mol. The fraction of sp³-hybridized carbons (Fsp3) is 0.417. The van der Waals surface area contributed by atoms with Crippen molar-refractivity contribution in [3.63, 3.8) is 0 Å². The molecule has 0 amide bonds. The zero-order valence-electron chi connectivity index (χ0n) is 9.84. The SMILES string of the molecule is CCOC(C)C(=O)c1ccc(F)c(C(F)(F)F)c1. The zero-order chi connectivity index (χ0) is 13.9. The molecule has 6 heteroatoms. The van der Waals surface area contributed by atoms with Gasteiger partial charge in [-0.05, 0) is 32.0 Å². The number of hydrogen-bond acceptors (Lipinski definition) is 2. The topological polar surface area (TPSA) is 26.3 Å². The van der Waals surface area contributed by atoms with Gasteiger partial charge in [-0.15, -0.1) is 0 Å². The average Bonchev–Trinajstić information content (AvgIpc) is 2.27. The van der Waals surface area contributed by atoms with Crippen molar-refractivity contribution < 1.29 is 27.1 Å². The molecule has 0 N–H and O–H groups in total. The molecule has 0 saturated carbocycles. The highest BCUT2D eigenvalue weighted by molar-refractivity contribution is 5.99. The van der Waals surface area contributed by atoms with E-state index in [0.29, 0.717) is 12.1 Å². The lowest BCUT2D eigenvalue weighted by atomic mass is 10.0. The standard InChI is InChI=1S/C12H12F4O2/c1-3-18-7(2)11(17)8-4-5-10(13)9(6-8)12(14,15)16/h4-7H,3H2,1-2H3. The average molecular weight is 264 g/mol. The van der Waals surface area contributed by atoms with Crippen LogP contribution in [-0.2, 0) is 10.9 Å². The maximum absolute atomic E-state index is 13.0. The van der Waals surface area contributed by atoms with E-state index in [4.69, 9.17) is 4.74 Å². The van der Waals surface area contributed by atoms with Crippen LogP contribution >= 0.6 is 0 Å². The van der Waals surface area contributed by atoms with Crippen LogP contribution in [0, 0.1) is 5.82 Å². The lowest BCUT2D eigenvalue weighted by Crippen LogP contribution is -2.21. The molecule has 0 spiro atoms. The van der Waals surface area contributed by atoms with Crippen molar-refractivity contribution in [2.45, 2.75) is 26.1 Å². The Hall–Kier alpha value is -1.43. The smallest absolute Gasteiger partial charge is 0.371 e. The number of benzene rings is 1. The van der Waals surface area contributed by atoms with Gasteiger partial charge in [0.2, 0.25) is 0 Å². The van der Waals surface area contributed by atoms with E-state index in [1.54, 1.807) is 6.92 Å². The summed E-state index contributed by atoms with van der Waals surface area (Å²) in [6.07, 6.45) is -5.68. The third-order valence-electron chi connectivity index (χ3n) is 2.34. The van der Waals surface area contributed by atoms with Gasteiger partial charge in [0.1, 0.15) is 11.9 Å². The lowest BCUT2D eigenvalue weighted by Gasteiger charge is -2.13. The van der Waals surface area contributed by atoms with Crippen LogP contribution in [0.5, 0.6) is 0 Å². The highest BCUT2D eigenvalue weighted by atomic mass is 19.4. The van der Waals surface area contributed by atoms with E-state index in [0.717, 1.165) is 6.07 Å². The molecule has 0 fully saturated rings. The summed E-state index contributed by atoms with van der Waals surface area (Å²) in [5.74, 6) is -2.01. The molecule has 2 nitrogen and oxygen atoms in total. The maximum atomic E-state index is 13.0. The van der Waals surface area contributed by atoms with Gasteiger partial charge in [0.15, 0.2) is 5.78 Å². The number of hydrogen-bond donors (Lipinski definition) is 0. The molecule has 18 heavy (non-hydrogen) atoms. The summed E-state index contributed by atoms with van der Waals surface area (Å²) in [7, 11) is 0. The molecule has 0 aliphatic carbocycles. The molecule has 0 aliphatic rings. The molecular weight excluding hydrogens is 252 g/mol. The number of carbonyl (C=O) groups is 1. The zero-order valence-corrected chi connectivity index (χ0v) is 9.84. The first-order valence-electron chi connectivity index (χ1n) is 5.30. The van der Waals surface area contributed by atoms with E-state index < -0.39 is 29.4 Å². The Balaban J connectivity index is 3.09. The summed E-state index contributed by atoms with van der Waals surface area (Å²) >= 11 is 0. The van der Waals surface area contributed by atoms with Crippen molar-refractivity contribution in [2.24, 2.45) is 0 Å². The molecule has 1 atom stereocenters. The van der Waals surface area contributed by atoms with E-state index in [2.05, 4.69) is 0 Å². The van der Waals surface area contributed by atoms with Crippen molar-refractivity contribution in [3.8, 4) is 0 Å². The number of carbonyl (C=O) groups excluding carboxylic acids is 1. The molecule has 1 rings (SSSR count). The fourth-order valence-electron chi connectivity index (χ4n) is 1.46. The number of ketones is 1. The highest BCUT2D eigenvalue weighted by Gasteiger charge is 2.35. The Morgan fingerprint density at radius 3 is 2.50 bits per heavy atom. The maximum Gasteiger partial charge on any atom is 0.419 e. The van der Waals surface area contributed by atoms with Crippen molar-refractivity contribution in [3.05, 3.63) is 35.1 Å². The van der Waals surface area contributed by atoms with Crippen LogP contribution in [0.25, 0.3) is 0 Å². The van der Waals surface area contributed by atoms with Crippen LogP contribution in [0.15, 0.2) is 18.2 Å². The minimum absolute atomic E-state index is 0.218. The van der Waals surface area contributed by atoms with Crippen LogP contribution in [0.3, 0.4) is 0 Å². The Morgan fingerprint density at radius 1 is 1.39 bits per heavy atom. The van der Waals surface area contributed by atoms with Crippen LogP contribution < -0.4 is 0 Å². The van der Waals surface area contributed by atoms with Gasteiger partial charge in [0.25, 0.3) is 0 Å². The number of halogens is 4. The highest BCUT2D eigenvalue weighted by Crippen LogP contribution is 2.32. The third-order valence-corrected chi connectivity index (χ3v) is 2.34. The first-order chi connectivity index (χ1) is 8.27. The molecule has 0 radical (unpaired) electrons. The quantitative estimate of drug-likeness (QED) is 0.615. The molecular formula is C12H12F4O2. The lowest BCUT2D eigenvalue weighted by molar-refractivity contribution is -0.140. The van der Waals surface area contributed by atoms with Crippen LogP contribution in [0.2, 0.25) is 0 Å². The minimum Gasteiger partial charge on any atom is -0.371 e. The molecule has 1 aromatic carbocycles. The van der Waals surface area contributed by atoms with Crippen LogP contribution in [0.4, 0.5) is 17.6 Å². The van der Waals surface area contributed by atoms with Gasteiger partial charge in [-0.25, -0.2) is 4.39 Å². The van der Waals surface area contributed by atoms with Crippen molar-refractivity contribution in [2.75, 3.05) is 6.61 Å². The molecule has 0 saturated heterocycles. The summed E-state index contributed by atoms with van der Waals surface area (Å²) in [4.78, 5) is 11.7. The van der Waals surface area contributed by atoms with Crippen LogP contribution in [-0.4, -0.2) is 18.5 Å². The van der Waals surface area contributed by atoms with Crippen LogP contribution in [0.1, 0.15) is 29.8 Å². The molecule has 1 unspecified atom stereocenters. The first-order valence-corrected chi connectivity index (χ1v) is 5.30. The second-order valence-electron chi connectivity index (χ2n) is 3.65. The summed E-state index contributed by atoms with van der Waals surface area (Å²) in [6, 6.07) is 2.16. The largest absolute Gasteiger partial charge is 0.419 e. The number of alkyl halides is 3. The number of ether oxygens (including phenoxy) is 1. The van der Waals surface area contributed by atoms with E-state index >= 15 is 0 Å². The number of Topliss-reactive ketones (excluding diaryl/α,β-unsaturated/α-hetero) is 1. The Bertz CT molecular complexity index is 440. The van der Waals surface area contributed by atoms with Crippen molar-refractivity contribution >= 4 is 5.78 Å². The van der Waals surface area contributed by atoms with E-state index in [-0.39, 0.29) is 12.2 Å². The normalized spacial score (nSPS) is 13.4. The van der Waals surface area contributed by atoms with Gasteiger partial charge in [-0.1, -0.05) is 0 Å². The van der Waals surface area contributed by atoms with E-state index in [1.807, 2.05) is 0 Å². The molecule has 1 aromatic rings. The first kappa shape index (κ1) is 14.6. The molecule has 0 aromatic heterocycles. The number of rotatable bonds is 4. The Morgan fingerprint density at radius 2 is 2.00 bits per heavy atom. The predicted octanol–water partition coefficient (Wildman–Crippen LogP) is 3.45. The van der Waals surface area contributed by atoms with Gasteiger partial charge in [-0.2, -0.15) is 13.2 Å². The van der Waals surface area contributed by atoms with Crippen molar-refractivity contribution in [1.29, 1.82) is 0 Å². The molecule has 0 bridgehead atoms. The summed E-state index contributed by atoms with van der Waals surface area (Å²) in [5, 5.41) is 0. The monoisotopic (exact) mass is 264 g/mol. The summed E-state index contributed by atoms with van der Waals surface area (Å²) in [5.41, 5.74) is -1.67. The Labute approximate surface area is 102 Å². The summed E-state index contributed by atoms with van der Waals surface area (Å²) < 4.78 is 55.4. The molecule has 0 aliphatic heterocycles. The van der Waals surface area contributed by atoms with Gasteiger partial charge < -0.3 is 4.74 Å². The van der Waals surface area contributed by atoms with Gasteiger partial charge in [0.05, 0.1) is 5.56 Å². The Kier molecular flexibility index (Phi) is 4.45. The van der Waals surface area contributed by atoms with E-state index in [1.165, 1.54) is 6.92 Å². The van der Waals surface area contributed by atoms with Crippen molar-refractivity contribution in [1.82, 2.24) is 0 Å². The molecule has 0 heterocycles. The third kappa shape index (κ3) is 3.29. The molecule has 100 valence electrons. The fourth-order valence-corrected chi connectivity index (χ4v) is 1.46. The van der Waals surface area contributed by atoms with Gasteiger partial charge in [0, 0.05) is 12.2 Å². The van der Waals surface area contributed by atoms with Gasteiger partial charge in [-0.3, -0.25) is 4.79 Å². The minimum atomic E-state index is -4.82.